The molecule has 0 aromatic carbocycles. The van der Waals surface area contributed by atoms with Crippen LogP contribution in [0.4, 0.5) is 0 Å². The summed E-state index contributed by atoms with van der Waals surface area (Å²) >= 11 is 0. The van der Waals surface area contributed by atoms with Crippen molar-refractivity contribution < 1.29 is 14.7 Å². The summed E-state index contributed by atoms with van der Waals surface area (Å²) in [4.78, 5) is 26.2. The zero-order valence-corrected chi connectivity index (χ0v) is 9.56. The van der Waals surface area contributed by atoms with E-state index in [-0.39, 0.29) is 12.3 Å². The van der Waals surface area contributed by atoms with E-state index in [0.717, 1.165) is 13.0 Å². The fourth-order valence-corrected chi connectivity index (χ4v) is 1.95. The van der Waals surface area contributed by atoms with Gasteiger partial charge in [-0.2, -0.15) is 0 Å². The first-order chi connectivity index (χ1) is 7.56. The molecule has 1 atom stereocenters. The SMILES string of the molecule is C=CCN1CCCN(C)C(=O)C1CC(=O)O. The second-order valence-corrected chi connectivity index (χ2v) is 4.01. The number of carbonyl (C=O) groups is 2. The van der Waals surface area contributed by atoms with E-state index in [1.807, 2.05) is 4.90 Å². The molecule has 0 aliphatic carbocycles. The lowest BCUT2D eigenvalue weighted by Crippen LogP contribution is -2.46. The van der Waals surface area contributed by atoms with Crippen LogP contribution in [0.2, 0.25) is 0 Å². The smallest absolute Gasteiger partial charge is 0.305 e. The molecule has 16 heavy (non-hydrogen) atoms. The third kappa shape index (κ3) is 3.06. The van der Waals surface area contributed by atoms with Gasteiger partial charge in [0, 0.05) is 26.7 Å². The molecule has 5 nitrogen and oxygen atoms in total. The minimum absolute atomic E-state index is 0.109. The van der Waals surface area contributed by atoms with Crippen LogP contribution >= 0.6 is 0 Å². The highest BCUT2D eigenvalue weighted by molar-refractivity contribution is 5.86. The van der Waals surface area contributed by atoms with E-state index in [4.69, 9.17) is 5.11 Å². The lowest BCUT2D eigenvalue weighted by Gasteiger charge is -2.27. The number of likely N-dealkylation sites (N-methyl/N-ethyl adjacent to an activating group) is 1. The zero-order chi connectivity index (χ0) is 12.1. The Morgan fingerprint density at radius 1 is 1.62 bits per heavy atom. The van der Waals surface area contributed by atoms with Crippen molar-refractivity contribution in [1.29, 1.82) is 0 Å². The van der Waals surface area contributed by atoms with E-state index in [1.54, 1.807) is 18.0 Å². The Balaban J connectivity index is 2.82. The van der Waals surface area contributed by atoms with Gasteiger partial charge in [-0.25, -0.2) is 0 Å². The van der Waals surface area contributed by atoms with Crippen molar-refractivity contribution in [3.05, 3.63) is 12.7 Å². The molecule has 1 rings (SSSR count). The van der Waals surface area contributed by atoms with Crippen LogP contribution in [0.5, 0.6) is 0 Å². The molecule has 0 radical (unpaired) electrons. The van der Waals surface area contributed by atoms with Gasteiger partial charge < -0.3 is 10.0 Å². The summed E-state index contributed by atoms with van der Waals surface area (Å²) in [5.41, 5.74) is 0. The molecule has 1 aliphatic heterocycles. The first-order valence-electron chi connectivity index (χ1n) is 5.38. The first kappa shape index (κ1) is 12.7. The monoisotopic (exact) mass is 226 g/mol. The maximum atomic E-state index is 12.0. The minimum Gasteiger partial charge on any atom is -0.481 e. The van der Waals surface area contributed by atoms with E-state index >= 15 is 0 Å². The second-order valence-electron chi connectivity index (χ2n) is 4.01. The first-order valence-corrected chi connectivity index (χ1v) is 5.38. The number of hydrogen-bond donors (Lipinski definition) is 1. The van der Waals surface area contributed by atoms with Crippen molar-refractivity contribution in [2.45, 2.75) is 18.9 Å². The van der Waals surface area contributed by atoms with Crippen LogP contribution in [0.15, 0.2) is 12.7 Å². The van der Waals surface area contributed by atoms with Crippen LogP contribution < -0.4 is 0 Å². The summed E-state index contributed by atoms with van der Waals surface area (Å²) in [7, 11) is 1.72. The topological polar surface area (TPSA) is 60.9 Å². The summed E-state index contributed by atoms with van der Waals surface area (Å²) in [5, 5.41) is 8.82. The van der Waals surface area contributed by atoms with Gasteiger partial charge in [0.2, 0.25) is 5.91 Å². The molecule has 5 heteroatoms. The number of aliphatic carboxylic acids is 1. The summed E-state index contributed by atoms with van der Waals surface area (Å²) in [5.74, 6) is -1.05. The van der Waals surface area contributed by atoms with Gasteiger partial charge in [-0.05, 0) is 6.42 Å². The third-order valence-corrected chi connectivity index (χ3v) is 2.77. The average Bonchev–Trinajstić information content (AvgIpc) is 2.33. The van der Waals surface area contributed by atoms with Gasteiger partial charge in [0.15, 0.2) is 0 Å². The molecule has 0 bridgehead atoms. The fourth-order valence-electron chi connectivity index (χ4n) is 1.95. The zero-order valence-electron chi connectivity index (χ0n) is 9.56. The standard InChI is InChI=1S/C11H18N2O3/c1-3-5-13-7-4-6-12(2)11(16)9(13)8-10(14)15/h3,9H,1,4-8H2,2H3,(H,14,15). The van der Waals surface area contributed by atoms with Crippen molar-refractivity contribution in [3.63, 3.8) is 0 Å². The number of carboxylic acids is 1. The summed E-state index contributed by atoms with van der Waals surface area (Å²) < 4.78 is 0. The third-order valence-electron chi connectivity index (χ3n) is 2.77. The van der Waals surface area contributed by atoms with Crippen LogP contribution in [0.25, 0.3) is 0 Å². The molecule has 1 saturated heterocycles. The molecule has 0 spiro atoms. The number of carboxylic acid groups (broad SMARTS) is 1. The molecule has 1 amide bonds. The van der Waals surface area contributed by atoms with E-state index in [0.29, 0.717) is 13.1 Å². The second kappa shape index (κ2) is 5.65. The predicted molar refractivity (Wildman–Crippen MR) is 60.1 cm³/mol. The van der Waals surface area contributed by atoms with Gasteiger partial charge in [-0.3, -0.25) is 14.5 Å². The van der Waals surface area contributed by atoms with E-state index in [9.17, 15) is 9.59 Å². The summed E-state index contributed by atoms with van der Waals surface area (Å²) in [6.45, 7) is 5.60. The Bertz CT molecular complexity index is 291. The predicted octanol–water partition coefficient (Wildman–Crippen LogP) is 0.180. The largest absolute Gasteiger partial charge is 0.481 e. The maximum Gasteiger partial charge on any atom is 0.305 e. The van der Waals surface area contributed by atoms with Gasteiger partial charge >= 0.3 is 5.97 Å². The molecule has 1 aliphatic rings. The van der Waals surface area contributed by atoms with E-state index in [1.165, 1.54) is 0 Å². The van der Waals surface area contributed by atoms with Gasteiger partial charge in [-0.1, -0.05) is 6.08 Å². The van der Waals surface area contributed by atoms with Crippen LogP contribution in [-0.4, -0.2) is 59.5 Å². The van der Waals surface area contributed by atoms with Gasteiger partial charge in [0.25, 0.3) is 0 Å². The number of nitrogens with zero attached hydrogens (tertiary/aromatic N) is 2. The summed E-state index contributed by atoms with van der Waals surface area (Å²) in [6.07, 6.45) is 2.43. The van der Waals surface area contributed by atoms with Crippen LogP contribution in [0.1, 0.15) is 12.8 Å². The summed E-state index contributed by atoms with van der Waals surface area (Å²) in [6, 6.07) is -0.553. The number of hydrogen-bond acceptors (Lipinski definition) is 3. The average molecular weight is 226 g/mol. The lowest BCUT2D eigenvalue weighted by atomic mass is 10.1. The maximum absolute atomic E-state index is 12.0. The molecular formula is C11H18N2O3. The number of rotatable bonds is 4. The highest BCUT2D eigenvalue weighted by atomic mass is 16.4. The van der Waals surface area contributed by atoms with Crippen molar-refractivity contribution in [3.8, 4) is 0 Å². The number of amides is 1. The highest BCUT2D eigenvalue weighted by Gasteiger charge is 2.31. The van der Waals surface area contributed by atoms with Crippen molar-refractivity contribution in [2.75, 3.05) is 26.7 Å². The Morgan fingerprint density at radius 3 is 2.88 bits per heavy atom. The van der Waals surface area contributed by atoms with Crippen LogP contribution in [0.3, 0.4) is 0 Å². The molecule has 0 saturated carbocycles. The van der Waals surface area contributed by atoms with Crippen LogP contribution in [-0.2, 0) is 9.59 Å². The molecule has 1 fully saturated rings. The molecule has 1 N–H and O–H groups in total. The Morgan fingerprint density at radius 2 is 2.31 bits per heavy atom. The van der Waals surface area contributed by atoms with Crippen molar-refractivity contribution in [1.82, 2.24) is 9.80 Å². The quantitative estimate of drug-likeness (QED) is 0.695. The van der Waals surface area contributed by atoms with Crippen molar-refractivity contribution in [2.24, 2.45) is 0 Å². The normalized spacial score (nSPS) is 22.9. The Labute approximate surface area is 95.3 Å². The number of carbonyl (C=O) groups excluding carboxylic acids is 1. The van der Waals surface area contributed by atoms with Gasteiger partial charge in [0.1, 0.15) is 6.04 Å². The lowest BCUT2D eigenvalue weighted by molar-refractivity contribution is -0.144. The molecular weight excluding hydrogens is 208 g/mol. The highest BCUT2D eigenvalue weighted by Crippen LogP contribution is 2.13. The van der Waals surface area contributed by atoms with Gasteiger partial charge in [-0.15, -0.1) is 6.58 Å². The molecule has 1 unspecified atom stereocenters. The van der Waals surface area contributed by atoms with E-state index in [2.05, 4.69) is 6.58 Å². The van der Waals surface area contributed by atoms with Gasteiger partial charge in [0.05, 0.1) is 6.42 Å². The molecule has 1 heterocycles. The molecule has 0 aromatic rings. The van der Waals surface area contributed by atoms with Crippen LogP contribution in [0, 0.1) is 0 Å². The Kier molecular flexibility index (Phi) is 4.49. The van der Waals surface area contributed by atoms with E-state index < -0.39 is 12.0 Å². The minimum atomic E-state index is -0.942. The van der Waals surface area contributed by atoms with Crippen molar-refractivity contribution >= 4 is 11.9 Å². The fraction of sp³-hybridized carbons (Fsp3) is 0.636. The Hall–Kier alpha value is -1.36. The molecule has 0 aromatic heterocycles. The molecule has 90 valence electrons.